The van der Waals surface area contributed by atoms with Crippen LogP contribution in [0, 0.1) is 0 Å². The van der Waals surface area contributed by atoms with E-state index in [2.05, 4.69) is 28.9 Å². The van der Waals surface area contributed by atoms with E-state index in [0.29, 0.717) is 6.61 Å². The number of halogens is 1. The fraction of sp³-hybridized carbons (Fsp3) is 0.500. The minimum Gasteiger partial charge on any atom is -0.494 e. The van der Waals surface area contributed by atoms with Gasteiger partial charge in [0.1, 0.15) is 5.75 Å². The molecule has 0 radical (unpaired) electrons. The Labute approximate surface area is 99.9 Å². The summed E-state index contributed by atoms with van der Waals surface area (Å²) in [4.78, 5) is 0. The molecule has 2 N–H and O–H groups in total. The zero-order chi connectivity index (χ0) is 11.3. The predicted octanol–water partition coefficient (Wildman–Crippen LogP) is 3.13. The first kappa shape index (κ1) is 12.5. The van der Waals surface area contributed by atoms with E-state index in [0.717, 1.165) is 23.1 Å². The van der Waals surface area contributed by atoms with Gasteiger partial charge < -0.3 is 10.5 Å². The number of hydrogen-bond donors (Lipinski definition) is 1. The maximum atomic E-state index is 5.95. The Morgan fingerprint density at radius 3 is 2.73 bits per heavy atom. The Balaban J connectivity index is 2.86. The van der Waals surface area contributed by atoms with Gasteiger partial charge in [-0.2, -0.15) is 0 Å². The summed E-state index contributed by atoms with van der Waals surface area (Å²) in [5.74, 6) is 0.949. The smallest absolute Gasteiger partial charge is 0.122 e. The van der Waals surface area contributed by atoms with Crippen LogP contribution in [0.2, 0.25) is 0 Å². The molecular formula is C12H18BrNO. The van der Waals surface area contributed by atoms with Crippen molar-refractivity contribution in [3.05, 3.63) is 28.2 Å². The molecule has 1 rings (SSSR count). The summed E-state index contributed by atoms with van der Waals surface area (Å²) in [6.45, 7) is 4.78. The standard InChI is InChI=1S/C12H18BrNO/c1-3-11(14)8-9-7-10(13)5-6-12(9)15-4-2/h5-7,11H,3-4,8,14H2,1-2H3. The van der Waals surface area contributed by atoms with Gasteiger partial charge in [0.15, 0.2) is 0 Å². The third-order valence-electron chi connectivity index (χ3n) is 2.33. The summed E-state index contributed by atoms with van der Waals surface area (Å²) < 4.78 is 6.63. The van der Waals surface area contributed by atoms with Gasteiger partial charge in [-0.15, -0.1) is 0 Å². The maximum Gasteiger partial charge on any atom is 0.122 e. The van der Waals surface area contributed by atoms with E-state index in [1.165, 1.54) is 5.56 Å². The van der Waals surface area contributed by atoms with Crippen LogP contribution in [0.25, 0.3) is 0 Å². The third kappa shape index (κ3) is 3.84. The van der Waals surface area contributed by atoms with Crippen molar-refractivity contribution in [3.63, 3.8) is 0 Å². The summed E-state index contributed by atoms with van der Waals surface area (Å²) in [7, 11) is 0. The minimum absolute atomic E-state index is 0.207. The lowest BCUT2D eigenvalue weighted by Crippen LogP contribution is -2.21. The first-order valence-corrected chi connectivity index (χ1v) is 6.13. The Morgan fingerprint density at radius 1 is 1.40 bits per heavy atom. The molecule has 1 unspecified atom stereocenters. The lowest BCUT2D eigenvalue weighted by Gasteiger charge is -2.13. The van der Waals surface area contributed by atoms with Crippen LogP contribution < -0.4 is 10.5 Å². The third-order valence-corrected chi connectivity index (χ3v) is 2.82. The first-order valence-electron chi connectivity index (χ1n) is 5.34. The number of benzene rings is 1. The van der Waals surface area contributed by atoms with E-state index in [9.17, 15) is 0 Å². The second-order valence-corrected chi connectivity index (χ2v) is 4.47. The second kappa shape index (κ2) is 6.13. The van der Waals surface area contributed by atoms with Gasteiger partial charge in [-0.1, -0.05) is 22.9 Å². The maximum absolute atomic E-state index is 5.95. The van der Waals surface area contributed by atoms with Gasteiger partial charge in [0, 0.05) is 10.5 Å². The summed E-state index contributed by atoms with van der Waals surface area (Å²) in [6, 6.07) is 6.27. The predicted molar refractivity (Wildman–Crippen MR) is 67.3 cm³/mol. The Kier molecular flexibility index (Phi) is 5.12. The molecule has 0 bridgehead atoms. The van der Waals surface area contributed by atoms with Crippen LogP contribution in [0.15, 0.2) is 22.7 Å². The van der Waals surface area contributed by atoms with Crippen molar-refractivity contribution in [3.8, 4) is 5.75 Å². The monoisotopic (exact) mass is 271 g/mol. The summed E-state index contributed by atoms with van der Waals surface area (Å²) in [5.41, 5.74) is 7.13. The summed E-state index contributed by atoms with van der Waals surface area (Å²) >= 11 is 3.46. The molecule has 0 fully saturated rings. The lowest BCUT2D eigenvalue weighted by atomic mass is 10.0. The van der Waals surface area contributed by atoms with Gasteiger partial charge in [-0.25, -0.2) is 0 Å². The highest BCUT2D eigenvalue weighted by Gasteiger charge is 2.08. The van der Waals surface area contributed by atoms with E-state index >= 15 is 0 Å². The van der Waals surface area contributed by atoms with Gasteiger partial charge in [0.25, 0.3) is 0 Å². The van der Waals surface area contributed by atoms with Crippen LogP contribution >= 0.6 is 15.9 Å². The summed E-state index contributed by atoms with van der Waals surface area (Å²) in [6.07, 6.45) is 1.85. The molecule has 0 aliphatic rings. The minimum atomic E-state index is 0.207. The number of hydrogen-bond acceptors (Lipinski definition) is 2. The topological polar surface area (TPSA) is 35.2 Å². The molecule has 0 aromatic heterocycles. The van der Waals surface area contributed by atoms with Gasteiger partial charge in [-0.3, -0.25) is 0 Å². The van der Waals surface area contributed by atoms with Crippen LogP contribution in [-0.4, -0.2) is 12.6 Å². The Morgan fingerprint density at radius 2 is 2.13 bits per heavy atom. The Hall–Kier alpha value is -0.540. The molecule has 0 amide bonds. The molecule has 0 heterocycles. The van der Waals surface area contributed by atoms with Crippen molar-refractivity contribution in [2.75, 3.05) is 6.61 Å². The van der Waals surface area contributed by atoms with Crippen molar-refractivity contribution < 1.29 is 4.74 Å². The summed E-state index contributed by atoms with van der Waals surface area (Å²) in [5, 5.41) is 0. The zero-order valence-electron chi connectivity index (χ0n) is 9.29. The Bertz CT molecular complexity index is 314. The molecule has 0 aliphatic heterocycles. The molecule has 3 heteroatoms. The van der Waals surface area contributed by atoms with Crippen molar-refractivity contribution in [2.24, 2.45) is 5.73 Å². The molecule has 0 saturated carbocycles. The van der Waals surface area contributed by atoms with Crippen molar-refractivity contribution in [2.45, 2.75) is 32.7 Å². The fourth-order valence-electron chi connectivity index (χ4n) is 1.43. The number of nitrogens with two attached hydrogens (primary N) is 1. The molecule has 2 nitrogen and oxygen atoms in total. The molecule has 0 saturated heterocycles. The molecule has 1 aromatic carbocycles. The molecule has 1 atom stereocenters. The highest BCUT2D eigenvalue weighted by Crippen LogP contribution is 2.24. The van der Waals surface area contributed by atoms with Crippen LogP contribution in [0.1, 0.15) is 25.8 Å². The van der Waals surface area contributed by atoms with Crippen LogP contribution in [0.4, 0.5) is 0 Å². The van der Waals surface area contributed by atoms with E-state index in [-0.39, 0.29) is 6.04 Å². The van der Waals surface area contributed by atoms with E-state index in [4.69, 9.17) is 10.5 Å². The van der Waals surface area contributed by atoms with Crippen molar-refractivity contribution in [1.82, 2.24) is 0 Å². The number of ether oxygens (including phenoxy) is 1. The van der Waals surface area contributed by atoms with Gasteiger partial charge in [0.05, 0.1) is 6.61 Å². The average Bonchev–Trinajstić information content (AvgIpc) is 2.22. The molecule has 15 heavy (non-hydrogen) atoms. The van der Waals surface area contributed by atoms with Crippen molar-refractivity contribution in [1.29, 1.82) is 0 Å². The van der Waals surface area contributed by atoms with Crippen LogP contribution in [-0.2, 0) is 6.42 Å². The SMILES string of the molecule is CCOc1ccc(Br)cc1CC(N)CC. The lowest BCUT2D eigenvalue weighted by molar-refractivity contribution is 0.335. The molecular weight excluding hydrogens is 254 g/mol. The number of rotatable bonds is 5. The largest absolute Gasteiger partial charge is 0.494 e. The molecule has 1 aromatic rings. The van der Waals surface area contributed by atoms with Crippen LogP contribution in [0.5, 0.6) is 5.75 Å². The van der Waals surface area contributed by atoms with Crippen LogP contribution in [0.3, 0.4) is 0 Å². The first-order chi connectivity index (χ1) is 7.17. The highest BCUT2D eigenvalue weighted by molar-refractivity contribution is 9.10. The molecule has 0 spiro atoms. The van der Waals surface area contributed by atoms with Crippen molar-refractivity contribution >= 4 is 15.9 Å². The highest BCUT2D eigenvalue weighted by atomic mass is 79.9. The average molecular weight is 272 g/mol. The van der Waals surface area contributed by atoms with E-state index in [1.807, 2.05) is 19.1 Å². The van der Waals surface area contributed by atoms with E-state index in [1.54, 1.807) is 0 Å². The molecule has 84 valence electrons. The van der Waals surface area contributed by atoms with Gasteiger partial charge in [0.2, 0.25) is 0 Å². The normalized spacial score (nSPS) is 12.5. The fourth-order valence-corrected chi connectivity index (χ4v) is 1.84. The van der Waals surface area contributed by atoms with Gasteiger partial charge >= 0.3 is 0 Å². The second-order valence-electron chi connectivity index (χ2n) is 3.56. The van der Waals surface area contributed by atoms with E-state index < -0.39 is 0 Å². The van der Waals surface area contributed by atoms with Gasteiger partial charge in [-0.05, 0) is 43.5 Å². The molecule has 0 aliphatic carbocycles. The quantitative estimate of drug-likeness (QED) is 0.893. The zero-order valence-corrected chi connectivity index (χ0v) is 10.9.